The molecular formula is C25H22N2O. The van der Waals surface area contributed by atoms with Crippen LogP contribution in [0.25, 0.3) is 10.9 Å². The molecule has 0 aliphatic carbocycles. The number of fused-ring (bicyclic) bond motifs is 3. The molecule has 3 nitrogen and oxygen atoms in total. The summed E-state index contributed by atoms with van der Waals surface area (Å²) in [5.41, 5.74) is 6.03. The molecule has 0 saturated heterocycles. The molecule has 1 aliphatic heterocycles. The van der Waals surface area contributed by atoms with Crippen molar-refractivity contribution in [3.8, 4) is 11.5 Å². The van der Waals surface area contributed by atoms with Crippen molar-refractivity contribution in [2.45, 2.75) is 19.9 Å². The number of nitrogens with zero attached hydrogens (tertiary/aromatic N) is 2. The molecule has 1 aliphatic rings. The molecule has 0 radical (unpaired) electrons. The monoisotopic (exact) mass is 366 g/mol. The summed E-state index contributed by atoms with van der Waals surface area (Å²) in [5, 5.41) is 1.17. The fraction of sp³-hybridized carbons (Fsp3) is 0.160. The Balaban J connectivity index is 1.60. The summed E-state index contributed by atoms with van der Waals surface area (Å²) >= 11 is 0. The Hall–Kier alpha value is -3.33. The number of aromatic nitrogens is 1. The van der Waals surface area contributed by atoms with E-state index >= 15 is 0 Å². The van der Waals surface area contributed by atoms with Gasteiger partial charge < -0.3 is 9.64 Å². The highest BCUT2D eigenvalue weighted by Gasteiger charge is 2.25. The zero-order chi connectivity index (χ0) is 18.9. The highest BCUT2D eigenvalue weighted by molar-refractivity contribution is 5.98. The van der Waals surface area contributed by atoms with Crippen LogP contribution in [0.5, 0.6) is 11.5 Å². The van der Waals surface area contributed by atoms with Crippen molar-refractivity contribution in [3.63, 3.8) is 0 Å². The van der Waals surface area contributed by atoms with Crippen molar-refractivity contribution in [1.82, 2.24) is 4.98 Å². The number of anilines is 1. The van der Waals surface area contributed by atoms with Crippen molar-refractivity contribution in [2.24, 2.45) is 0 Å². The van der Waals surface area contributed by atoms with Crippen LogP contribution in [0.15, 0.2) is 78.9 Å². The van der Waals surface area contributed by atoms with Crippen molar-refractivity contribution < 1.29 is 4.74 Å². The van der Waals surface area contributed by atoms with E-state index in [9.17, 15) is 0 Å². The first kappa shape index (κ1) is 16.8. The summed E-state index contributed by atoms with van der Waals surface area (Å²) in [5.74, 6) is 1.64. The highest BCUT2D eigenvalue weighted by Crippen LogP contribution is 2.40. The summed E-state index contributed by atoms with van der Waals surface area (Å²) in [6.45, 7) is 4.05. The van der Waals surface area contributed by atoms with Crippen molar-refractivity contribution in [2.75, 3.05) is 11.4 Å². The molecule has 0 saturated carbocycles. The first-order chi connectivity index (χ1) is 13.8. The van der Waals surface area contributed by atoms with E-state index in [1.807, 2.05) is 36.4 Å². The van der Waals surface area contributed by atoms with Crippen LogP contribution in [-0.4, -0.2) is 11.5 Å². The highest BCUT2D eigenvalue weighted by atomic mass is 16.5. The molecule has 5 rings (SSSR count). The fourth-order valence-corrected chi connectivity index (χ4v) is 4.08. The summed E-state index contributed by atoms with van der Waals surface area (Å²) in [6, 6.07) is 26.8. The van der Waals surface area contributed by atoms with Gasteiger partial charge in [0.1, 0.15) is 11.3 Å². The van der Waals surface area contributed by atoms with Gasteiger partial charge in [-0.1, -0.05) is 60.7 Å². The molecule has 2 heterocycles. The maximum atomic E-state index is 6.18. The number of pyridine rings is 1. The first-order valence-corrected chi connectivity index (χ1v) is 9.73. The largest absolute Gasteiger partial charge is 0.455 e. The molecule has 28 heavy (non-hydrogen) atoms. The van der Waals surface area contributed by atoms with Gasteiger partial charge in [0, 0.05) is 24.2 Å². The molecule has 138 valence electrons. The molecule has 3 aromatic carbocycles. The van der Waals surface area contributed by atoms with E-state index in [-0.39, 0.29) is 0 Å². The molecular weight excluding hydrogens is 344 g/mol. The standard InChI is InChI=1S/C25H22N2O/c1-18-21-15-16-27(17-19-9-4-2-5-10-19)25(21)22-13-8-14-23(24(22)26-18)28-20-11-6-3-7-12-20/h2-14H,15-17H2,1H3. The lowest BCUT2D eigenvalue weighted by Crippen LogP contribution is -2.19. The lowest BCUT2D eigenvalue weighted by Gasteiger charge is -2.22. The number of hydrogen-bond acceptors (Lipinski definition) is 3. The van der Waals surface area contributed by atoms with Crippen LogP contribution in [0, 0.1) is 6.92 Å². The lowest BCUT2D eigenvalue weighted by molar-refractivity contribution is 0.487. The zero-order valence-corrected chi connectivity index (χ0v) is 15.9. The molecule has 0 spiro atoms. The van der Waals surface area contributed by atoms with Crippen LogP contribution in [0.4, 0.5) is 5.69 Å². The molecule has 0 unspecified atom stereocenters. The number of para-hydroxylation sites is 2. The minimum Gasteiger partial charge on any atom is -0.455 e. The van der Waals surface area contributed by atoms with E-state index in [2.05, 4.69) is 54.3 Å². The van der Waals surface area contributed by atoms with Gasteiger partial charge in [0.25, 0.3) is 0 Å². The second-order valence-corrected chi connectivity index (χ2v) is 7.25. The Morgan fingerprint density at radius 1 is 0.893 bits per heavy atom. The van der Waals surface area contributed by atoms with Crippen molar-refractivity contribution >= 4 is 16.6 Å². The number of hydrogen-bond donors (Lipinski definition) is 0. The van der Waals surface area contributed by atoms with E-state index in [0.29, 0.717) is 0 Å². The van der Waals surface area contributed by atoms with Gasteiger partial charge >= 0.3 is 0 Å². The number of rotatable bonds is 4. The van der Waals surface area contributed by atoms with Gasteiger partial charge in [-0.25, -0.2) is 4.98 Å². The fourth-order valence-electron chi connectivity index (χ4n) is 4.08. The molecule has 0 N–H and O–H groups in total. The number of ether oxygens (including phenoxy) is 1. The molecule has 0 fully saturated rings. The van der Waals surface area contributed by atoms with Crippen molar-refractivity contribution in [3.05, 3.63) is 95.7 Å². The van der Waals surface area contributed by atoms with Gasteiger partial charge in [0.15, 0.2) is 5.75 Å². The van der Waals surface area contributed by atoms with E-state index in [0.717, 1.165) is 42.2 Å². The summed E-state index contributed by atoms with van der Waals surface area (Å²) < 4.78 is 6.18. The average molecular weight is 366 g/mol. The average Bonchev–Trinajstić information content (AvgIpc) is 3.15. The van der Waals surface area contributed by atoms with E-state index < -0.39 is 0 Å². The molecule has 1 aromatic heterocycles. The molecule has 0 amide bonds. The van der Waals surface area contributed by atoms with E-state index in [1.54, 1.807) is 0 Å². The van der Waals surface area contributed by atoms with Crippen molar-refractivity contribution in [1.29, 1.82) is 0 Å². The minimum absolute atomic E-state index is 0.807. The Bertz CT molecular complexity index is 1120. The predicted molar refractivity (Wildman–Crippen MR) is 114 cm³/mol. The van der Waals surface area contributed by atoms with Crippen LogP contribution in [0.3, 0.4) is 0 Å². The molecule has 0 bridgehead atoms. The topological polar surface area (TPSA) is 25.4 Å². The van der Waals surface area contributed by atoms with Gasteiger partial charge in [0.2, 0.25) is 0 Å². The van der Waals surface area contributed by atoms with Crippen LogP contribution >= 0.6 is 0 Å². The van der Waals surface area contributed by atoms with Crippen LogP contribution in [0.2, 0.25) is 0 Å². The molecule has 0 atom stereocenters. The second kappa shape index (κ2) is 7.01. The Labute approximate surface area is 165 Å². The van der Waals surface area contributed by atoms with Gasteiger partial charge in [0.05, 0.1) is 5.69 Å². The summed E-state index contributed by atoms with van der Waals surface area (Å²) in [4.78, 5) is 7.41. The third-order valence-corrected chi connectivity index (χ3v) is 5.39. The van der Waals surface area contributed by atoms with Crippen LogP contribution in [-0.2, 0) is 13.0 Å². The van der Waals surface area contributed by atoms with Gasteiger partial charge in [-0.05, 0) is 42.7 Å². The maximum absolute atomic E-state index is 6.18. The van der Waals surface area contributed by atoms with Crippen LogP contribution < -0.4 is 9.64 Å². The quantitative estimate of drug-likeness (QED) is 0.450. The van der Waals surface area contributed by atoms with Gasteiger partial charge in [-0.15, -0.1) is 0 Å². The van der Waals surface area contributed by atoms with Crippen LogP contribution in [0.1, 0.15) is 16.8 Å². The zero-order valence-electron chi connectivity index (χ0n) is 15.9. The Kier molecular flexibility index (Phi) is 4.21. The van der Waals surface area contributed by atoms with E-state index in [4.69, 9.17) is 9.72 Å². The number of benzene rings is 3. The Morgan fingerprint density at radius 2 is 1.64 bits per heavy atom. The lowest BCUT2D eigenvalue weighted by atomic mass is 10.1. The second-order valence-electron chi connectivity index (χ2n) is 7.25. The summed E-state index contributed by atoms with van der Waals surface area (Å²) in [6.07, 6.45) is 1.04. The molecule has 3 heteroatoms. The van der Waals surface area contributed by atoms with Gasteiger partial charge in [-0.3, -0.25) is 0 Å². The third kappa shape index (κ3) is 2.99. The smallest absolute Gasteiger partial charge is 0.153 e. The Morgan fingerprint density at radius 3 is 2.43 bits per heavy atom. The summed E-state index contributed by atoms with van der Waals surface area (Å²) in [7, 11) is 0. The van der Waals surface area contributed by atoms with E-state index in [1.165, 1.54) is 22.2 Å². The minimum atomic E-state index is 0.807. The molecule has 4 aromatic rings. The predicted octanol–water partition coefficient (Wildman–Crippen LogP) is 5.90. The first-order valence-electron chi connectivity index (χ1n) is 9.73. The number of aryl methyl sites for hydroxylation is 1. The third-order valence-electron chi connectivity index (χ3n) is 5.39. The SMILES string of the molecule is Cc1nc2c(Oc3ccccc3)cccc2c2c1CCN2Cc1ccccc1. The van der Waals surface area contributed by atoms with Gasteiger partial charge in [-0.2, -0.15) is 0 Å². The normalized spacial score (nSPS) is 13.0. The maximum Gasteiger partial charge on any atom is 0.153 e.